The number of aromatic nitrogens is 1. The number of hydrogen-bond acceptors (Lipinski definition) is 3. The summed E-state index contributed by atoms with van der Waals surface area (Å²) in [6, 6.07) is 3.16. The fraction of sp³-hybridized carbons (Fsp3) is 0. The first-order valence-corrected chi connectivity index (χ1v) is 3.73. The maximum Gasteiger partial charge on any atom is 0.355 e. The van der Waals surface area contributed by atoms with Crippen molar-refractivity contribution in [3.8, 4) is 6.07 Å². The highest BCUT2D eigenvalue weighted by Crippen LogP contribution is 2.12. The zero-order valence-corrected chi connectivity index (χ0v) is 7.37. The van der Waals surface area contributed by atoms with Crippen molar-refractivity contribution in [1.29, 1.82) is 5.26 Å². The number of carboxylic acids is 1. The molecule has 0 aromatic carbocycles. The van der Waals surface area contributed by atoms with E-state index in [1.807, 2.05) is 0 Å². The largest absolute Gasteiger partial charge is 0.476 e. The number of nitrogens with zero attached hydrogens (tertiary/aromatic N) is 2. The molecule has 0 radical (unpaired) electrons. The van der Waals surface area contributed by atoms with Crippen molar-refractivity contribution in [2.24, 2.45) is 0 Å². The first-order chi connectivity index (χ1) is 5.65. The number of rotatable bonds is 1. The molecule has 12 heavy (non-hydrogen) atoms. The lowest BCUT2D eigenvalue weighted by molar-refractivity contribution is 0.0690. The third-order valence-corrected chi connectivity index (χ3v) is 1.61. The summed E-state index contributed by atoms with van der Waals surface area (Å²) in [5, 5.41) is 17.1. The zero-order chi connectivity index (χ0) is 9.14. The van der Waals surface area contributed by atoms with Crippen LogP contribution in [0.3, 0.4) is 0 Å². The molecule has 0 spiro atoms. The highest BCUT2D eigenvalue weighted by atomic mass is 79.9. The van der Waals surface area contributed by atoms with Crippen LogP contribution in [0.15, 0.2) is 16.7 Å². The fourth-order valence-corrected chi connectivity index (χ4v) is 1.03. The maximum absolute atomic E-state index is 10.5. The average molecular weight is 227 g/mol. The van der Waals surface area contributed by atoms with E-state index in [1.165, 1.54) is 12.3 Å². The van der Waals surface area contributed by atoms with Gasteiger partial charge in [-0.2, -0.15) is 5.26 Å². The minimum absolute atomic E-state index is 0.0527. The summed E-state index contributed by atoms with van der Waals surface area (Å²) >= 11 is 3.08. The number of aromatic carboxylic acids is 1. The van der Waals surface area contributed by atoms with Crippen LogP contribution >= 0.6 is 15.9 Å². The van der Waals surface area contributed by atoms with Gasteiger partial charge in [-0.15, -0.1) is 0 Å². The van der Waals surface area contributed by atoms with E-state index in [2.05, 4.69) is 20.9 Å². The van der Waals surface area contributed by atoms with Gasteiger partial charge in [0.2, 0.25) is 0 Å². The average Bonchev–Trinajstić information content (AvgIpc) is 2.03. The van der Waals surface area contributed by atoms with Crippen molar-refractivity contribution in [3.63, 3.8) is 0 Å². The van der Waals surface area contributed by atoms with Gasteiger partial charge < -0.3 is 5.11 Å². The molecule has 0 atom stereocenters. The van der Waals surface area contributed by atoms with Crippen molar-refractivity contribution in [1.82, 2.24) is 4.98 Å². The van der Waals surface area contributed by atoms with Crippen LogP contribution < -0.4 is 0 Å². The first kappa shape index (κ1) is 8.68. The number of carbonyl (C=O) groups is 1. The van der Waals surface area contributed by atoms with E-state index < -0.39 is 5.97 Å². The number of halogens is 1. The van der Waals surface area contributed by atoms with E-state index in [1.54, 1.807) is 6.07 Å². The van der Waals surface area contributed by atoms with E-state index in [0.29, 0.717) is 4.47 Å². The SMILES string of the molecule is N#Cc1cc(Br)cnc1C(=O)O. The smallest absolute Gasteiger partial charge is 0.355 e. The first-order valence-electron chi connectivity index (χ1n) is 2.94. The molecular weight excluding hydrogens is 224 g/mol. The molecule has 0 saturated heterocycles. The van der Waals surface area contributed by atoms with Crippen LogP contribution in [-0.2, 0) is 0 Å². The van der Waals surface area contributed by atoms with Gasteiger partial charge in [0, 0.05) is 10.7 Å². The number of pyridine rings is 1. The lowest BCUT2D eigenvalue weighted by Crippen LogP contribution is -2.03. The molecule has 60 valence electrons. The Bertz CT molecular complexity index is 370. The van der Waals surface area contributed by atoms with E-state index in [9.17, 15) is 4.79 Å². The molecule has 1 rings (SSSR count). The highest BCUT2D eigenvalue weighted by Gasteiger charge is 2.10. The van der Waals surface area contributed by atoms with Gasteiger partial charge in [0.05, 0.1) is 5.56 Å². The predicted octanol–water partition coefficient (Wildman–Crippen LogP) is 1.41. The number of carboxylic acid groups (broad SMARTS) is 1. The molecule has 0 aliphatic heterocycles. The Kier molecular flexibility index (Phi) is 2.41. The van der Waals surface area contributed by atoms with Crippen LogP contribution in [0, 0.1) is 11.3 Å². The third kappa shape index (κ3) is 1.60. The summed E-state index contributed by atoms with van der Waals surface area (Å²) in [6.45, 7) is 0. The number of hydrogen-bond donors (Lipinski definition) is 1. The Labute approximate surface area is 76.6 Å². The zero-order valence-electron chi connectivity index (χ0n) is 5.78. The van der Waals surface area contributed by atoms with Gasteiger partial charge in [-0.3, -0.25) is 0 Å². The molecule has 0 amide bonds. The lowest BCUT2D eigenvalue weighted by Gasteiger charge is -1.95. The predicted molar refractivity (Wildman–Crippen MR) is 43.6 cm³/mol. The van der Waals surface area contributed by atoms with Crippen molar-refractivity contribution in [2.45, 2.75) is 0 Å². The third-order valence-electron chi connectivity index (χ3n) is 1.18. The topological polar surface area (TPSA) is 74.0 Å². The molecule has 0 bridgehead atoms. The Morgan fingerprint density at radius 1 is 1.75 bits per heavy atom. The highest BCUT2D eigenvalue weighted by molar-refractivity contribution is 9.10. The second-order valence-corrected chi connectivity index (χ2v) is 2.88. The van der Waals surface area contributed by atoms with Gasteiger partial charge in [0.25, 0.3) is 0 Å². The molecule has 5 heteroatoms. The van der Waals surface area contributed by atoms with Crippen LogP contribution in [0.25, 0.3) is 0 Å². The molecule has 0 fully saturated rings. The Hall–Kier alpha value is -1.41. The van der Waals surface area contributed by atoms with Gasteiger partial charge in [-0.1, -0.05) is 0 Å². The molecule has 0 unspecified atom stereocenters. The molecule has 1 N–H and O–H groups in total. The van der Waals surface area contributed by atoms with Crippen LogP contribution in [0.2, 0.25) is 0 Å². The summed E-state index contributed by atoms with van der Waals surface area (Å²) in [7, 11) is 0. The summed E-state index contributed by atoms with van der Waals surface area (Å²) in [6.07, 6.45) is 1.34. The molecule has 4 nitrogen and oxygen atoms in total. The minimum atomic E-state index is -1.20. The second-order valence-electron chi connectivity index (χ2n) is 1.97. The van der Waals surface area contributed by atoms with Gasteiger partial charge in [-0.05, 0) is 22.0 Å². The van der Waals surface area contributed by atoms with E-state index >= 15 is 0 Å². The van der Waals surface area contributed by atoms with Gasteiger partial charge in [-0.25, -0.2) is 9.78 Å². The molecule has 0 saturated carbocycles. The summed E-state index contributed by atoms with van der Waals surface area (Å²) < 4.78 is 0.587. The van der Waals surface area contributed by atoms with Crippen molar-refractivity contribution < 1.29 is 9.90 Å². The van der Waals surface area contributed by atoms with Crippen LogP contribution in [0.4, 0.5) is 0 Å². The molecule has 0 aliphatic rings. The van der Waals surface area contributed by atoms with Crippen molar-refractivity contribution >= 4 is 21.9 Å². The lowest BCUT2D eigenvalue weighted by atomic mass is 10.2. The molecular formula is C7H3BrN2O2. The van der Waals surface area contributed by atoms with E-state index in [4.69, 9.17) is 10.4 Å². The molecule has 1 heterocycles. The van der Waals surface area contributed by atoms with E-state index in [0.717, 1.165) is 0 Å². The van der Waals surface area contributed by atoms with Gasteiger partial charge >= 0.3 is 5.97 Å². The maximum atomic E-state index is 10.5. The summed E-state index contributed by atoms with van der Waals surface area (Å²) in [5.41, 5.74) is -0.169. The van der Waals surface area contributed by atoms with Crippen LogP contribution in [0.1, 0.15) is 16.1 Å². The Morgan fingerprint density at radius 3 is 2.92 bits per heavy atom. The Balaban J connectivity index is 3.32. The van der Waals surface area contributed by atoms with Gasteiger partial charge in [0.1, 0.15) is 6.07 Å². The van der Waals surface area contributed by atoms with Gasteiger partial charge in [0.15, 0.2) is 5.69 Å². The number of nitriles is 1. The fourth-order valence-electron chi connectivity index (χ4n) is 0.695. The summed E-state index contributed by atoms with van der Waals surface area (Å²) in [5.74, 6) is -1.20. The Morgan fingerprint density at radius 2 is 2.42 bits per heavy atom. The quantitative estimate of drug-likeness (QED) is 0.786. The molecule has 0 aliphatic carbocycles. The van der Waals surface area contributed by atoms with Crippen molar-refractivity contribution in [3.05, 3.63) is 28.0 Å². The van der Waals surface area contributed by atoms with Crippen molar-refractivity contribution in [2.75, 3.05) is 0 Å². The molecule has 1 aromatic rings. The summed E-state index contributed by atoms with van der Waals surface area (Å²) in [4.78, 5) is 14.0. The van der Waals surface area contributed by atoms with Crippen LogP contribution in [0.5, 0.6) is 0 Å². The monoisotopic (exact) mass is 226 g/mol. The molecule has 1 aromatic heterocycles. The minimum Gasteiger partial charge on any atom is -0.476 e. The normalized spacial score (nSPS) is 9.00. The standard InChI is InChI=1S/C7H3BrN2O2/c8-5-1-4(2-9)6(7(11)12)10-3-5/h1,3H,(H,11,12). The van der Waals surface area contributed by atoms with Crippen LogP contribution in [-0.4, -0.2) is 16.1 Å². The van der Waals surface area contributed by atoms with E-state index in [-0.39, 0.29) is 11.3 Å². The second kappa shape index (κ2) is 3.32.